The van der Waals surface area contributed by atoms with Gasteiger partial charge in [0.1, 0.15) is 5.82 Å². The summed E-state index contributed by atoms with van der Waals surface area (Å²) >= 11 is 1.66. The Hall–Kier alpha value is -0.715. The van der Waals surface area contributed by atoms with E-state index >= 15 is 0 Å². The van der Waals surface area contributed by atoms with E-state index in [-0.39, 0.29) is 5.82 Å². The zero-order chi connectivity index (χ0) is 15.3. The third-order valence-electron chi connectivity index (χ3n) is 4.38. The van der Waals surface area contributed by atoms with Crippen molar-refractivity contribution in [1.82, 2.24) is 0 Å². The minimum Gasteiger partial charge on any atom is -0.399 e. The first kappa shape index (κ1) is 15.2. The fourth-order valence-electron chi connectivity index (χ4n) is 2.09. The number of anilines is 1. The van der Waals surface area contributed by atoms with Gasteiger partial charge < -0.3 is 14.0 Å². The van der Waals surface area contributed by atoms with Gasteiger partial charge in [0.2, 0.25) is 0 Å². The van der Waals surface area contributed by atoms with E-state index in [2.05, 4.69) is 4.72 Å². The van der Waals surface area contributed by atoms with Crippen LogP contribution in [0.5, 0.6) is 0 Å². The largest absolute Gasteiger partial charge is 0.497 e. The Balaban J connectivity index is 1.74. The summed E-state index contributed by atoms with van der Waals surface area (Å²) in [4.78, 5) is 0. The summed E-state index contributed by atoms with van der Waals surface area (Å²) in [6.07, 6.45) is 2.48. The van der Waals surface area contributed by atoms with Crippen LogP contribution in [0, 0.1) is 5.82 Å². The number of hydrogen-bond donors (Lipinski definition) is 1. The molecule has 2 fully saturated rings. The molecular weight excluding hydrogens is 288 g/mol. The van der Waals surface area contributed by atoms with Crippen molar-refractivity contribution in [3.63, 3.8) is 0 Å². The Morgan fingerprint density at radius 2 is 1.81 bits per heavy atom. The Morgan fingerprint density at radius 1 is 1.19 bits per heavy atom. The zero-order valence-electron chi connectivity index (χ0n) is 12.9. The van der Waals surface area contributed by atoms with Gasteiger partial charge in [-0.2, -0.15) is 0 Å². The van der Waals surface area contributed by atoms with Crippen molar-refractivity contribution in [1.29, 1.82) is 0 Å². The molecule has 1 N–H and O–H groups in total. The quantitative estimate of drug-likeness (QED) is 0.682. The number of halogens is 1. The average molecular weight is 309 g/mol. The highest BCUT2D eigenvalue weighted by Crippen LogP contribution is 2.37. The summed E-state index contributed by atoms with van der Waals surface area (Å²) in [5.41, 5.74) is 0.325. The van der Waals surface area contributed by atoms with E-state index < -0.39 is 18.3 Å². The fourth-order valence-corrected chi connectivity index (χ4v) is 2.89. The Morgan fingerprint density at radius 3 is 2.33 bits per heavy atom. The molecule has 0 unspecified atom stereocenters. The molecule has 21 heavy (non-hydrogen) atoms. The van der Waals surface area contributed by atoms with Gasteiger partial charge in [0.25, 0.3) is 0 Å². The summed E-state index contributed by atoms with van der Waals surface area (Å²) in [5.74, 6) is -0.296. The van der Waals surface area contributed by atoms with E-state index in [4.69, 9.17) is 9.31 Å². The summed E-state index contributed by atoms with van der Waals surface area (Å²) in [6, 6.07) is 5.13. The molecule has 0 bridgehead atoms. The molecule has 114 valence electrons. The number of benzene rings is 1. The first-order chi connectivity index (χ1) is 9.78. The van der Waals surface area contributed by atoms with E-state index in [1.165, 1.54) is 18.9 Å². The van der Waals surface area contributed by atoms with Gasteiger partial charge in [-0.05, 0) is 64.6 Å². The first-order valence-corrected chi connectivity index (χ1v) is 8.23. The number of rotatable bonds is 4. The smallest absolute Gasteiger partial charge is 0.399 e. The highest BCUT2D eigenvalue weighted by Gasteiger charge is 2.52. The lowest BCUT2D eigenvalue weighted by Crippen LogP contribution is -2.41. The summed E-state index contributed by atoms with van der Waals surface area (Å²) < 4.78 is 29.3. The molecule has 0 amide bonds. The maximum absolute atomic E-state index is 14.3. The topological polar surface area (TPSA) is 30.5 Å². The van der Waals surface area contributed by atoms with E-state index in [1.807, 2.05) is 33.8 Å². The fraction of sp³-hybridized carbons (Fsp3) is 0.600. The van der Waals surface area contributed by atoms with Crippen LogP contribution >= 0.6 is 11.9 Å². The van der Waals surface area contributed by atoms with Crippen molar-refractivity contribution in [2.75, 3.05) is 4.72 Å². The van der Waals surface area contributed by atoms with Gasteiger partial charge >= 0.3 is 7.12 Å². The molecule has 1 aromatic rings. The maximum Gasteiger partial charge on any atom is 0.497 e. The Kier molecular flexibility index (Phi) is 3.75. The second-order valence-electron chi connectivity index (χ2n) is 6.74. The molecule has 6 heteroatoms. The monoisotopic (exact) mass is 309 g/mol. The van der Waals surface area contributed by atoms with Gasteiger partial charge in [0.05, 0.1) is 11.2 Å². The lowest BCUT2D eigenvalue weighted by molar-refractivity contribution is 0.00578. The van der Waals surface area contributed by atoms with Crippen LogP contribution in [0.2, 0.25) is 0 Å². The molecule has 1 aliphatic heterocycles. The van der Waals surface area contributed by atoms with Crippen molar-refractivity contribution in [2.24, 2.45) is 0 Å². The second kappa shape index (κ2) is 5.18. The molecule has 2 aliphatic rings. The van der Waals surface area contributed by atoms with E-state index in [1.54, 1.807) is 18.0 Å². The van der Waals surface area contributed by atoms with Crippen molar-refractivity contribution in [3.8, 4) is 0 Å². The van der Waals surface area contributed by atoms with Gasteiger partial charge in [-0.1, -0.05) is 6.07 Å². The molecule has 0 spiro atoms. The van der Waals surface area contributed by atoms with Crippen molar-refractivity contribution >= 4 is 30.2 Å². The molecule has 1 saturated carbocycles. The van der Waals surface area contributed by atoms with Gasteiger partial charge in [0, 0.05) is 16.4 Å². The van der Waals surface area contributed by atoms with Crippen molar-refractivity contribution in [3.05, 3.63) is 24.0 Å². The van der Waals surface area contributed by atoms with Crippen molar-refractivity contribution < 1.29 is 13.7 Å². The molecule has 1 aliphatic carbocycles. The van der Waals surface area contributed by atoms with Crippen molar-refractivity contribution in [2.45, 2.75) is 57.0 Å². The lowest BCUT2D eigenvalue weighted by Gasteiger charge is -2.32. The lowest BCUT2D eigenvalue weighted by atomic mass is 9.78. The minimum absolute atomic E-state index is 0.296. The van der Waals surface area contributed by atoms with Gasteiger partial charge in [-0.15, -0.1) is 0 Å². The summed E-state index contributed by atoms with van der Waals surface area (Å²) in [7, 11) is -0.653. The molecule has 0 aromatic heterocycles. The first-order valence-electron chi connectivity index (χ1n) is 7.35. The van der Waals surface area contributed by atoms with E-state index in [0.717, 1.165) is 5.69 Å². The third kappa shape index (κ3) is 3.08. The van der Waals surface area contributed by atoms with Crippen LogP contribution in [0.4, 0.5) is 10.1 Å². The molecule has 0 radical (unpaired) electrons. The molecule has 1 heterocycles. The zero-order valence-corrected chi connectivity index (χ0v) is 13.7. The van der Waals surface area contributed by atoms with Crippen LogP contribution in [-0.2, 0) is 9.31 Å². The van der Waals surface area contributed by atoms with Crippen LogP contribution in [-0.4, -0.2) is 23.6 Å². The summed E-state index contributed by atoms with van der Waals surface area (Å²) in [6.45, 7) is 7.86. The molecule has 3 nitrogen and oxygen atoms in total. The average Bonchev–Trinajstić information content (AvgIpc) is 3.15. The van der Waals surface area contributed by atoms with Crippen LogP contribution in [0.25, 0.3) is 0 Å². The molecule has 0 atom stereocenters. The highest BCUT2D eigenvalue weighted by molar-refractivity contribution is 8.01. The maximum atomic E-state index is 14.3. The molecule has 1 saturated heterocycles. The predicted molar refractivity (Wildman–Crippen MR) is 86.4 cm³/mol. The SMILES string of the molecule is CC1(C)OB(c2ccc(NSC3CC3)cc2F)OC1(C)C. The Labute approximate surface area is 130 Å². The number of nitrogens with one attached hydrogen (secondary N) is 1. The molecule has 1 aromatic carbocycles. The van der Waals surface area contributed by atoms with Crippen LogP contribution in [0.15, 0.2) is 18.2 Å². The van der Waals surface area contributed by atoms with E-state index in [0.29, 0.717) is 10.7 Å². The molecule has 3 rings (SSSR count). The highest BCUT2D eigenvalue weighted by atomic mass is 32.2. The van der Waals surface area contributed by atoms with Gasteiger partial charge in [-0.25, -0.2) is 4.39 Å². The second-order valence-corrected chi connectivity index (χ2v) is 7.85. The van der Waals surface area contributed by atoms with Crippen LogP contribution < -0.4 is 10.2 Å². The van der Waals surface area contributed by atoms with E-state index in [9.17, 15) is 4.39 Å². The summed E-state index contributed by atoms with van der Waals surface area (Å²) in [5, 5.41) is 0.677. The molecular formula is C15H21BFNO2S. The third-order valence-corrected chi connectivity index (χ3v) is 5.53. The van der Waals surface area contributed by atoms with Gasteiger partial charge in [0.15, 0.2) is 0 Å². The number of hydrogen-bond acceptors (Lipinski definition) is 4. The predicted octanol–water partition coefficient (Wildman–Crippen LogP) is 3.35. The van der Waals surface area contributed by atoms with Gasteiger partial charge in [-0.3, -0.25) is 0 Å². The normalized spacial score (nSPS) is 23.4. The van der Waals surface area contributed by atoms with Crippen LogP contribution in [0.3, 0.4) is 0 Å². The Bertz CT molecular complexity index is 532. The van der Waals surface area contributed by atoms with Crippen LogP contribution in [0.1, 0.15) is 40.5 Å². The minimum atomic E-state index is -0.653. The standard InChI is InChI=1S/C15H21BFNO2S/c1-14(2)15(3,4)20-16(19-14)12-8-5-10(9-13(12)17)18-21-11-6-7-11/h5,8-9,11,18H,6-7H2,1-4H3.